The van der Waals surface area contributed by atoms with Gasteiger partial charge in [0.2, 0.25) is 0 Å². The smallest absolute Gasteiger partial charge is 0.188 e. The van der Waals surface area contributed by atoms with Crippen molar-refractivity contribution in [2.24, 2.45) is 5.41 Å². The summed E-state index contributed by atoms with van der Waals surface area (Å²) < 4.78 is 32.5. The Labute approximate surface area is 131 Å². The summed E-state index contributed by atoms with van der Waals surface area (Å²) in [6, 6.07) is 5.50. The number of hydrogen-bond donors (Lipinski definition) is 0. The molecule has 0 aromatic heterocycles. The topological polar surface area (TPSA) is 55.4 Å². The Morgan fingerprint density at radius 3 is 1.91 bits per heavy atom. The van der Waals surface area contributed by atoms with Gasteiger partial charge in [-0.25, -0.2) is 0 Å². The molecule has 0 radical (unpaired) electrons. The number of methoxy groups -OCH3 is 2. The Morgan fingerprint density at radius 2 is 1.45 bits per heavy atom. The van der Waals surface area contributed by atoms with Crippen molar-refractivity contribution in [2.45, 2.75) is 20.1 Å². The van der Waals surface area contributed by atoms with E-state index in [2.05, 4.69) is 13.8 Å². The molecule has 2 rings (SSSR count). The Hall–Kier alpha value is -1.34. The van der Waals surface area contributed by atoms with Crippen molar-refractivity contribution in [3.63, 3.8) is 0 Å². The molecular weight excluding hydrogens is 288 g/mol. The van der Waals surface area contributed by atoms with Gasteiger partial charge in [-0.2, -0.15) is 0 Å². The molecule has 6 nitrogen and oxygen atoms in total. The largest absolute Gasteiger partial charge is 0.467 e. The van der Waals surface area contributed by atoms with E-state index in [0.29, 0.717) is 24.7 Å². The zero-order valence-corrected chi connectivity index (χ0v) is 13.6. The van der Waals surface area contributed by atoms with E-state index in [1.807, 2.05) is 12.1 Å². The molecule has 1 aliphatic rings. The lowest BCUT2D eigenvalue weighted by molar-refractivity contribution is -0.226. The molecule has 0 atom stereocenters. The van der Waals surface area contributed by atoms with Gasteiger partial charge in [-0.05, 0) is 12.1 Å². The summed E-state index contributed by atoms with van der Waals surface area (Å²) in [4.78, 5) is 0. The number of hydrogen-bond acceptors (Lipinski definition) is 6. The van der Waals surface area contributed by atoms with Crippen LogP contribution in [0.5, 0.6) is 11.5 Å². The fourth-order valence-corrected chi connectivity index (χ4v) is 2.04. The first-order valence-corrected chi connectivity index (χ1v) is 7.16. The SMILES string of the molecule is COCOc1cc(OCOC)cc(C2OCC(C)(C)CO2)c1. The van der Waals surface area contributed by atoms with E-state index in [9.17, 15) is 0 Å². The van der Waals surface area contributed by atoms with Gasteiger partial charge in [0.15, 0.2) is 19.9 Å². The van der Waals surface area contributed by atoms with Gasteiger partial charge in [0.05, 0.1) is 13.2 Å². The second kappa shape index (κ2) is 7.78. The Bertz CT molecular complexity index is 437. The van der Waals surface area contributed by atoms with Crippen molar-refractivity contribution in [1.29, 1.82) is 0 Å². The van der Waals surface area contributed by atoms with E-state index in [-0.39, 0.29) is 19.0 Å². The summed E-state index contributed by atoms with van der Waals surface area (Å²) in [5.41, 5.74) is 0.867. The van der Waals surface area contributed by atoms with E-state index in [4.69, 9.17) is 28.4 Å². The average Bonchev–Trinajstić information content (AvgIpc) is 2.50. The van der Waals surface area contributed by atoms with Crippen molar-refractivity contribution in [1.82, 2.24) is 0 Å². The third-order valence-electron chi connectivity index (χ3n) is 3.11. The second-order valence-electron chi connectivity index (χ2n) is 5.96. The molecule has 0 amide bonds. The molecule has 0 unspecified atom stereocenters. The van der Waals surface area contributed by atoms with E-state index in [1.165, 1.54) is 0 Å². The van der Waals surface area contributed by atoms with Gasteiger partial charge >= 0.3 is 0 Å². The molecule has 1 aromatic rings. The first kappa shape index (κ1) is 17.0. The van der Waals surface area contributed by atoms with E-state index in [1.54, 1.807) is 20.3 Å². The van der Waals surface area contributed by atoms with Gasteiger partial charge < -0.3 is 28.4 Å². The summed E-state index contributed by atoms with van der Waals surface area (Å²) in [5, 5.41) is 0. The maximum absolute atomic E-state index is 5.80. The Kier molecular flexibility index (Phi) is 6.02. The van der Waals surface area contributed by atoms with Crippen LogP contribution in [-0.2, 0) is 18.9 Å². The molecule has 1 saturated heterocycles. The molecule has 0 aliphatic carbocycles. The Morgan fingerprint density at radius 1 is 0.955 bits per heavy atom. The summed E-state index contributed by atoms with van der Waals surface area (Å²) >= 11 is 0. The molecule has 6 heteroatoms. The van der Waals surface area contributed by atoms with Crippen LogP contribution < -0.4 is 9.47 Å². The van der Waals surface area contributed by atoms with Gasteiger partial charge in [-0.15, -0.1) is 0 Å². The molecule has 1 heterocycles. The standard InChI is InChI=1S/C16H24O6/c1-16(2)8-19-15(20-9-16)12-5-13(21-10-17-3)7-14(6-12)22-11-18-4/h5-7,15H,8-11H2,1-4H3. The zero-order valence-electron chi connectivity index (χ0n) is 13.6. The van der Waals surface area contributed by atoms with Gasteiger partial charge in [0.25, 0.3) is 0 Å². The maximum atomic E-state index is 5.80. The molecule has 0 saturated carbocycles. The lowest BCUT2D eigenvalue weighted by atomic mass is 9.95. The first-order valence-electron chi connectivity index (χ1n) is 7.16. The van der Waals surface area contributed by atoms with Crippen LogP contribution in [0.2, 0.25) is 0 Å². The van der Waals surface area contributed by atoms with E-state index < -0.39 is 6.29 Å². The normalized spacial score (nSPS) is 18.2. The minimum Gasteiger partial charge on any atom is -0.467 e. The minimum absolute atomic E-state index is 0.0239. The highest BCUT2D eigenvalue weighted by Crippen LogP contribution is 2.34. The quantitative estimate of drug-likeness (QED) is 0.722. The van der Waals surface area contributed by atoms with Crippen LogP contribution in [0.1, 0.15) is 25.7 Å². The fourth-order valence-electron chi connectivity index (χ4n) is 2.04. The summed E-state index contributed by atoms with van der Waals surface area (Å²) in [6.07, 6.45) is -0.427. The van der Waals surface area contributed by atoms with Gasteiger partial charge in [-0.3, -0.25) is 0 Å². The van der Waals surface area contributed by atoms with Crippen molar-refractivity contribution < 1.29 is 28.4 Å². The lowest BCUT2D eigenvalue weighted by Crippen LogP contribution is -2.33. The van der Waals surface area contributed by atoms with Crippen LogP contribution in [0, 0.1) is 5.41 Å². The number of benzene rings is 1. The predicted molar refractivity (Wildman–Crippen MR) is 79.9 cm³/mol. The van der Waals surface area contributed by atoms with Crippen LogP contribution in [0.4, 0.5) is 0 Å². The number of ether oxygens (including phenoxy) is 6. The maximum Gasteiger partial charge on any atom is 0.188 e. The van der Waals surface area contributed by atoms with Gasteiger partial charge in [-0.1, -0.05) is 13.8 Å². The van der Waals surface area contributed by atoms with Gasteiger partial charge in [0.1, 0.15) is 11.5 Å². The molecule has 0 bridgehead atoms. The van der Waals surface area contributed by atoms with Crippen LogP contribution in [0.15, 0.2) is 18.2 Å². The van der Waals surface area contributed by atoms with E-state index >= 15 is 0 Å². The molecule has 22 heavy (non-hydrogen) atoms. The molecule has 124 valence electrons. The highest BCUT2D eigenvalue weighted by Gasteiger charge is 2.29. The molecule has 0 N–H and O–H groups in total. The van der Waals surface area contributed by atoms with Crippen molar-refractivity contribution in [3.05, 3.63) is 23.8 Å². The van der Waals surface area contributed by atoms with Crippen LogP contribution in [0.3, 0.4) is 0 Å². The molecule has 1 aliphatic heterocycles. The van der Waals surface area contributed by atoms with Crippen LogP contribution in [-0.4, -0.2) is 41.0 Å². The fraction of sp³-hybridized carbons (Fsp3) is 0.625. The summed E-state index contributed by atoms with van der Waals surface area (Å²) in [5.74, 6) is 1.25. The zero-order chi connectivity index (χ0) is 16.0. The highest BCUT2D eigenvalue weighted by molar-refractivity contribution is 5.39. The summed E-state index contributed by atoms with van der Waals surface area (Å²) in [6.45, 7) is 5.80. The third kappa shape index (κ3) is 4.84. The second-order valence-corrected chi connectivity index (χ2v) is 5.96. The summed E-state index contributed by atoms with van der Waals surface area (Å²) in [7, 11) is 3.14. The lowest BCUT2D eigenvalue weighted by Gasteiger charge is -2.34. The van der Waals surface area contributed by atoms with E-state index in [0.717, 1.165) is 5.56 Å². The molecule has 1 fully saturated rings. The molecule has 0 spiro atoms. The van der Waals surface area contributed by atoms with Crippen LogP contribution in [0.25, 0.3) is 0 Å². The van der Waals surface area contributed by atoms with Crippen molar-refractivity contribution >= 4 is 0 Å². The van der Waals surface area contributed by atoms with Crippen LogP contribution >= 0.6 is 0 Å². The van der Waals surface area contributed by atoms with Gasteiger partial charge in [0, 0.05) is 31.3 Å². The third-order valence-corrected chi connectivity index (χ3v) is 3.11. The first-order chi connectivity index (χ1) is 10.5. The highest BCUT2D eigenvalue weighted by atomic mass is 16.7. The number of rotatable bonds is 7. The van der Waals surface area contributed by atoms with Crippen molar-refractivity contribution in [2.75, 3.05) is 41.0 Å². The molecular formula is C16H24O6. The monoisotopic (exact) mass is 312 g/mol. The minimum atomic E-state index is -0.427. The average molecular weight is 312 g/mol. The predicted octanol–water partition coefficient (Wildman–Crippen LogP) is 2.72. The molecule has 1 aromatic carbocycles. The van der Waals surface area contributed by atoms with Crippen molar-refractivity contribution in [3.8, 4) is 11.5 Å². The Balaban J connectivity index is 2.14.